The van der Waals surface area contributed by atoms with Crippen LogP contribution in [-0.4, -0.2) is 24.2 Å². The zero-order valence-electron chi connectivity index (χ0n) is 11.8. The van der Waals surface area contributed by atoms with Crippen LogP contribution in [0.3, 0.4) is 0 Å². The molecule has 1 amide bonds. The molecule has 0 aliphatic carbocycles. The Morgan fingerprint density at radius 2 is 1.48 bits per heavy atom. The van der Waals surface area contributed by atoms with Crippen molar-refractivity contribution >= 4 is 5.91 Å². The fraction of sp³-hybridized carbons (Fsp3) is 0.235. The number of carbonyl (C=O) groups is 1. The molecular formula is C17H20N2O2. The van der Waals surface area contributed by atoms with E-state index in [4.69, 9.17) is 5.21 Å². The third-order valence-electron chi connectivity index (χ3n) is 3.42. The number of rotatable bonds is 7. The second-order valence-electron chi connectivity index (χ2n) is 4.87. The maximum absolute atomic E-state index is 11.0. The van der Waals surface area contributed by atoms with Crippen LogP contribution in [0.1, 0.15) is 23.5 Å². The summed E-state index contributed by atoms with van der Waals surface area (Å²) < 4.78 is 0. The molecule has 2 aromatic rings. The summed E-state index contributed by atoms with van der Waals surface area (Å²) in [5.41, 5.74) is 4.14. The lowest BCUT2D eigenvalue weighted by molar-refractivity contribution is -0.128. The average Bonchev–Trinajstić information content (AvgIpc) is 2.56. The molecule has 0 radical (unpaired) electrons. The smallest absolute Gasteiger partial charge is 0.257 e. The van der Waals surface area contributed by atoms with Gasteiger partial charge in [0, 0.05) is 5.92 Å². The molecule has 0 heterocycles. The number of hydrogen-bond acceptors (Lipinski definition) is 3. The predicted molar refractivity (Wildman–Crippen MR) is 82.1 cm³/mol. The predicted octanol–water partition coefficient (Wildman–Crippen LogP) is 2.30. The highest BCUT2D eigenvalue weighted by molar-refractivity contribution is 5.76. The van der Waals surface area contributed by atoms with Gasteiger partial charge in [0.05, 0.1) is 6.54 Å². The summed E-state index contributed by atoms with van der Waals surface area (Å²) in [6, 6.07) is 20.7. The van der Waals surface area contributed by atoms with Gasteiger partial charge in [0.1, 0.15) is 0 Å². The van der Waals surface area contributed by atoms with Gasteiger partial charge >= 0.3 is 0 Å². The van der Waals surface area contributed by atoms with Crippen molar-refractivity contribution in [2.45, 2.75) is 12.3 Å². The van der Waals surface area contributed by atoms with E-state index in [2.05, 4.69) is 29.6 Å². The lowest BCUT2D eigenvalue weighted by Crippen LogP contribution is -2.32. The van der Waals surface area contributed by atoms with Crippen LogP contribution in [0.4, 0.5) is 0 Å². The van der Waals surface area contributed by atoms with E-state index in [1.54, 1.807) is 5.48 Å². The van der Waals surface area contributed by atoms with Crippen molar-refractivity contribution < 1.29 is 10.0 Å². The van der Waals surface area contributed by atoms with Gasteiger partial charge in [-0.15, -0.1) is 0 Å². The molecule has 21 heavy (non-hydrogen) atoms. The average molecular weight is 284 g/mol. The molecule has 0 aliphatic rings. The van der Waals surface area contributed by atoms with Crippen LogP contribution < -0.4 is 10.8 Å². The summed E-state index contributed by atoms with van der Waals surface area (Å²) >= 11 is 0. The van der Waals surface area contributed by atoms with Crippen molar-refractivity contribution in [1.29, 1.82) is 0 Å². The van der Waals surface area contributed by atoms with E-state index in [-0.39, 0.29) is 12.5 Å². The zero-order chi connectivity index (χ0) is 14.9. The molecule has 0 saturated heterocycles. The van der Waals surface area contributed by atoms with E-state index in [0.717, 1.165) is 6.42 Å². The molecule has 0 fully saturated rings. The van der Waals surface area contributed by atoms with Crippen molar-refractivity contribution in [2.24, 2.45) is 0 Å². The summed E-state index contributed by atoms with van der Waals surface area (Å²) in [7, 11) is 0. The standard InChI is InChI=1S/C17H20N2O2/c20-17(19-21)13-18-12-11-16(14-7-3-1-4-8-14)15-9-5-2-6-10-15/h1-10,16,18,21H,11-13H2,(H,19,20). The van der Waals surface area contributed by atoms with Crippen LogP contribution in [0.15, 0.2) is 60.7 Å². The maximum Gasteiger partial charge on any atom is 0.257 e. The molecule has 2 aromatic carbocycles. The Morgan fingerprint density at radius 1 is 0.952 bits per heavy atom. The van der Waals surface area contributed by atoms with Crippen LogP contribution in [-0.2, 0) is 4.79 Å². The van der Waals surface area contributed by atoms with Crippen molar-refractivity contribution in [3.8, 4) is 0 Å². The quantitative estimate of drug-likeness (QED) is 0.415. The third kappa shape index (κ3) is 4.70. The van der Waals surface area contributed by atoms with E-state index < -0.39 is 5.91 Å². The molecule has 0 bridgehead atoms. The van der Waals surface area contributed by atoms with Gasteiger partial charge in [-0.05, 0) is 24.1 Å². The Labute approximate surface area is 124 Å². The van der Waals surface area contributed by atoms with Crippen LogP contribution in [0, 0.1) is 0 Å². The molecule has 0 saturated carbocycles. The molecule has 0 spiro atoms. The number of hydrogen-bond donors (Lipinski definition) is 3. The lowest BCUT2D eigenvalue weighted by atomic mass is 9.88. The molecule has 0 aliphatic heterocycles. The highest BCUT2D eigenvalue weighted by Crippen LogP contribution is 2.27. The van der Waals surface area contributed by atoms with Crippen LogP contribution >= 0.6 is 0 Å². The minimum Gasteiger partial charge on any atom is -0.308 e. The Balaban J connectivity index is 2.02. The molecule has 3 N–H and O–H groups in total. The topological polar surface area (TPSA) is 61.4 Å². The van der Waals surface area contributed by atoms with Gasteiger partial charge in [-0.1, -0.05) is 60.7 Å². The number of benzene rings is 2. The molecule has 0 unspecified atom stereocenters. The summed E-state index contributed by atoms with van der Waals surface area (Å²) in [5.74, 6) is -0.136. The first-order chi connectivity index (χ1) is 10.3. The van der Waals surface area contributed by atoms with Gasteiger partial charge in [-0.3, -0.25) is 10.0 Å². The summed E-state index contributed by atoms with van der Waals surface area (Å²) in [6.45, 7) is 0.814. The number of hydroxylamine groups is 1. The SMILES string of the molecule is O=C(CNCCC(c1ccccc1)c1ccccc1)NO. The number of nitrogens with one attached hydrogen (secondary N) is 2. The van der Waals surface area contributed by atoms with Crippen LogP contribution in [0.5, 0.6) is 0 Å². The Kier molecular flexibility index (Phi) is 5.94. The second kappa shape index (κ2) is 8.19. The maximum atomic E-state index is 11.0. The fourth-order valence-electron chi connectivity index (χ4n) is 2.38. The molecule has 2 rings (SSSR count). The molecular weight excluding hydrogens is 264 g/mol. The molecule has 110 valence electrons. The van der Waals surface area contributed by atoms with Crippen molar-refractivity contribution in [1.82, 2.24) is 10.8 Å². The van der Waals surface area contributed by atoms with Gasteiger partial charge < -0.3 is 5.32 Å². The summed E-state index contributed by atoms with van der Waals surface area (Å²) in [4.78, 5) is 11.0. The van der Waals surface area contributed by atoms with Gasteiger partial charge in [0.25, 0.3) is 5.91 Å². The minimum absolute atomic E-state index is 0.118. The second-order valence-corrected chi connectivity index (χ2v) is 4.87. The summed E-state index contributed by atoms with van der Waals surface area (Å²) in [5, 5.41) is 11.5. The number of amides is 1. The first kappa shape index (κ1) is 15.2. The van der Waals surface area contributed by atoms with Crippen molar-refractivity contribution in [3.63, 3.8) is 0 Å². The van der Waals surface area contributed by atoms with Gasteiger partial charge in [-0.2, -0.15) is 0 Å². The van der Waals surface area contributed by atoms with Crippen LogP contribution in [0.25, 0.3) is 0 Å². The highest BCUT2D eigenvalue weighted by Gasteiger charge is 2.13. The van der Waals surface area contributed by atoms with E-state index >= 15 is 0 Å². The third-order valence-corrected chi connectivity index (χ3v) is 3.42. The Bertz CT molecular complexity index is 504. The summed E-state index contributed by atoms with van der Waals surface area (Å²) in [6.07, 6.45) is 0.882. The highest BCUT2D eigenvalue weighted by atomic mass is 16.5. The first-order valence-corrected chi connectivity index (χ1v) is 7.05. The largest absolute Gasteiger partial charge is 0.308 e. The molecule has 4 heteroatoms. The lowest BCUT2D eigenvalue weighted by Gasteiger charge is -2.18. The van der Waals surface area contributed by atoms with Gasteiger partial charge in [-0.25, -0.2) is 5.48 Å². The van der Waals surface area contributed by atoms with E-state index in [0.29, 0.717) is 6.54 Å². The monoisotopic (exact) mass is 284 g/mol. The van der Waals surface area contributed by atoms with Crippen LogP contribution in [0.2, 0.25) is 0 Å². The van der Waals surface area contributed by atoms with Crippen molar-refractivity contribution in [2.75, 3.05) is 13.1 Å². The van der Waals surface area contributed by atoms with E-state index in [1.165, 1.54) is 11.1 Å². The molecule has 4 nitrogen and oxygen atoms in total. The molecule has 0 atom stereocenters. The zero-order valence-corrected chi connectivity index (χ0v) is 11.8. The Morgan fingerprint density at radius 3 is 1.95 bits per heavy atom. The minimum atomic E-state index is -0.425. The Hall–Kier alpha value is -2.17. The van der Waals surface area contributed by atoms with E-state index in [9.17, 15) is 4.79 Å². The van der Waals surface area contributed by atoms with Crippen molar-refractivity contribution in [3.05, 3.63) is 71.8 Å². The normalized spacial score (nSPS) is 10.6. The molecule has 0 aromatic heterocycles. The first-order valence-electron chi connectivity index (χ1n) is 7.05. The van der Waals surface area contributed by atoms with Gasteiger partial charge in [0.15, 0.2) is 0 Å². The number of carbonyl (C=O) groups excluding carboxylic acids is 1. The van der Waals surface area contributed by atoms with E-state index in [1.807, 2.05) is 36.4 Å². The van der Waals surface area contributed by atoms with Gasteiger partial charge in [0.2, 0.25) is 0 Å². The fourth-order valence-corrected chi connectivity index (χ4v) is 2.38.